The summed E-state index contributed by atoms with van der Waals surface area (Å²) in [6.45, 7) is 0. The number of thiophene rings is 1. The Morgan fingerprint density at radius 1 is 0.325 bits per heavy atom. The summed E-state index contributed by atoms with van der Waals surface area (Å²) in [6, 6.07) is 105. The van der Waals surface area contributed by atoms with Gasteiger partial charge in [-0.05, 0) is 133 Å². The predicted molar refractivity (Wildman–Crippen MR) is 322 cm³/mol. The second kappa shape index (κ2) is 16.0. The van der Waals surface area contributed by atoms with Gasteiger partial charge in [-0.15, -0.1) is 11.3 Å². The Bertz CT molecular complexity index is 4710. The van der Waals surface area contributed by atoms with E-state index in [9.17, 15) is 0 Å². The molecule has 77 heavy (non-hydrogen) atoms. The number of nitrogens with zero attached hydrogens (tertiary/aromatic N) is 2. The standard InChI is InChI=1S/C74H46N2S/c1-3-19-49(20-4-1)73(50-21-5-2-6-22-50)60-28-11-7-23-53(60)54-43-42-52(46-65(54)73)75(51-40-37-47(38-41-51)48-39-44-70-59(45-48)56-25-10-16-36-69(56)77-70)68-35-18-31-63-71(68)58-26-8-12-29-61(58)74(63)62-30-13-15-34-67(62)76-66-33-14-9-24-55(66)57-27-17-32-64(74)72(57)76/h1-46H. The van der Waals surface area contributed by atoms with Crippen LogP contribution in [-0.2, 0) is 10.8 Å². The van der Waals surface area contributed by atoms with Crippen molar-refractivity contribution in [1.82, 2.24) is 4.57 Å². The van der Waals surface area contributed by atoms with Gasteiger partial charge < -0.3 is 9.47 Å². The summed E-state index contributed by atoms with van der Waals surface area (Å²) in [4.78, 5) is 2.56. The van der Waals surface area contributed by atoms with Crippen LogP contribution in [0.3, 0.4) is 0 Å². The smallest absolute Gasteiger partial charge is 0.0755 e. The van der Waals surface area contributed by atoms with Crippen molar-refractivity contribution in [2.24, 2.45) is 0 Å². The summed E-state index contributed by atoms with van der Waals surface area (Å²) in [6.07, 6.45) is 0. The fourth-order valence-corrected chi connectivity index (χ4v) is 15.6. The van der Waals surface area contributed by atoms with Gasteiger partial charge in [0.15, 0.2) is 0 Å². The normalized spacial score (nSPS) is 15.2. The van der Waals surface area contributed by atoms with Gasteiger partial charge >= 0.3 is 0 Å². The average molecular weight is 995 g/mol. The zero-order chi connectivity index (χ0) is 50.4. The Morgan fingerprint density at radius 2 is 0.896 bits per heavy atom. The Hall–Kier alpha value is -9.54. The maximum atomic E-state index is 2.56. The van der Waals surface area contributed by atoms with Crippen LogP contribution in [0.5, 0.6) is 0 Å². The molecule has 2 aliphatic carbocycles. The lowest BCUT2D eigenvalue weighted by atomic mass is 9.65. The first-order valence-corrected chi connectivity index (χ1v) is 27.6. The molecule has 1 aliphatic heterocycles. The summed E-state index contributed by atoms with van der Waals surface area (Å²) < 4.78 is 5.17. The van der Waals surface area contributed by atoms with Crippen molar-refractivity contribution in [3.63, 3.8) is 0 Å². The molecule has 0 amide bonds. The highest BCUT2D eigenvalue weighted by Gasteiger charge is 2.52. The van der Waals surface area contributed by atoms with E-state index in [2.05, 4.69) is 289 Å². The Labute approximate surface area is 450 Å². The first kappa shape index (κ1) is 42.8. The molecule has 1 atom stereocenters. The zero-order valence-electron chi connectivity index (χ0n) is 41.9. The van der Waals surface area contributed by atoms with E-state index in [1.54, 1.807) is 0 Å². The predicted octanol–water partition coefficient (Wildman–Crippen LogP) is 19.3. The Balaban J connectivity index is 0.941. The zero-order valence-corrected chi connectivity index (χ0v) is 42.7. The van der Waals surface area contributed by atoms with Crippen molar-refractivity contribution in [2.75, 3.05) is 4.90 Å². The molecule has 0 radical (unpaired) electrons. The maximum Gasteiger partial charge on any atom is 0.0755 e. The fourth-order valence-electron chi connectivity index (χ4n) is 14.5. The fraction of sp³-hybridized carbons (Fsp3) is 0.0270. The van der Waals surface area contributed by atoms with E-state index in [4.69, 9.17) is 0 Å². The van der Waals surface area contributed by atoms with Crippen molar-refractivity contribution in [3.05, 3.63) is 324 Å². The highest BCUT2D eigenvalue weighted by atomic mass is 32.1. The van der Waals surface area contributed by atoms with E-state index in [0.717, 1.165) is 17.1 Å². The molecule has 3 heterocycles. The first-order valence-electron chi connectivity index (χ1n) is 26.7. The van der Waals surface area contributed by atoms with E-state index in [-0.39, 0.29) is 0 Å². The van der Waals surface area contributed by atoms with Crippen LogP contribution in [0.25, 0.3) is 81.0 Å². The molecule has 3 aliphatic rings. The van der Waals surface area contributed by atoms with Crippen LogP contribution in [0.1, 0.15) is 44.5 Å². The number of para-hydroxylation sites is 3. The third-order valence-corrected chi connectivity index (χ3v) is 18.6. The number of rotatable bonds is 6. The number of anilines is 3. The summed E-state index contributed by atoms with van der Waals surface area (Å²) in [7, 11) is 0. The minimum atomic E-state index is -0.599. The van der Waals surface area contributed by atoms with Gasteiger partial charge in [-0.3, -0.25) is 0 Å². The largest absolute Gasteiger partial charge is 0.310 e. The van der Waals surface area contributed by atoms with Crippen molar-refractivity contribution in [2.45, 2.75) is 10.8 Å². The minimum Gasteiger partial charge on any atom is -0.310 e. The highest BCUT2D eigenvalue weighted by Crippen LogP contribution is 2.64. The second-order valence-corrected chi connectivity index (χ2v) is 22.1. The van der Waals surface area contributed by atoms with Crippen molar-refractivity contribution in [1.29, 1.82) is 0 Å². The molecule has 0 N–H and O–H groups in total. The molecule has 2 aromatic heterocycles. The molecule has 2 nitrogen and oxygen atoms in total. The topological polar surface area (TPSA) is 8.17 Å². The van der Waals surface area contributed by atoms with Crippen LogP contribution in [0.2, 0.25) is 0 Å². The molecular formula is C74H46N2S. The maximum absolute atomic E-state index is 2.56. The molecule has 1 spiro atoms. The van der Waals surface area contributed by atoms with Crippen molar-refractivity contribution in [3.8, 4) is 39.1 Å². The molecule has 358 valence electrons. The quantitative estimate of drug-likeness (QED) is 0.161. The summed E-state index contributed by atoms with van der Waals surface area (Å²) in [5.74, 6) is 0. The lowest BCUT2D eigenvalue weighted by Gasteiger charge is -2.39. The summed E-state index contributed by atoms with van der Waals surface area (Å²) in [5, 5.41) is 5.17. The van der Waals surface area contributed by atoms with Crippen LogP contribution < -0.4 is 4.90 Å². The Kier molecular flexibility index (Phi) is 8.88. The monoisotopic (exact) mass is 994 g/mol. The molecule has 14 aromatic rings. The van der Waals surface area contributed by atoms with E-state index in [0.29, 0.717) is 0 Å². The van der Waals surface area contributed by atoms with Crippen LogP contribution in [0.15, 0.2) is 279 Å². The lowest BCUT2D eigenvalue weighted by Crippen LogP contribution is -2.33. The van der Waals surface area contributed by atoms with Gasteiger partial charge in [0.05, 0.1) is 33.2 Å². The molecule has 12 aromatic carbocycles. The van der Waals surface area contributed by atoms with E-state index in [1.807, 2.05) is 11.3 Å². The second-order valence-electron chi connectivity index (χ2n) is 21.0. The van der Waals surface area contributed by atoms with Crippen LogP contribution >= 0.6 is 11.3 Å². The van der Waals surface area contributed by atoms with Crippen LogP contribution in [0.4, 0.5) is 17.1 Å². The molecule has 0 saturated carbocycles. The minimum absolute atomic E-state index is 0.567. The molecule has 0 saturated heterocycles. The van der Waals surface area contributed by atoms with Crippen LogP contribution in [-0.4, -0.2) is 4.57 Å². The van der Waals surface area contributed by atoms with Gasteiger partial charge in [-0.1, -0.05) is 218 Å². The van der Waals surface area contributed by atoms with Crippen LogP contribution in [0, 0.1) is 0 Å². The molecule has 3 heteroatoms. The highest BCUT2D eigenvalue weighted by molar-refractivity contribution is 7.25. The van der Waals surface area contributed by atoms with Crippen molar-refractivity contribution >= 4 is 70.4 Å². The molecule has 1 unspecified atom stereocenters. The molecule has 0 fully saturated rings. The van der Waals surface area contributed by atoms with Crippen molar-refractivity contribution < 1.29 is 0 Å². The number of hydrogen-bond donors (Lipinski definition) is 0. The lowest BCUT2D eigenvalue weighted by molar-refractivity contribution is 0.748. The van der Waals surface area contributed by atoms with Gasteiger partial charge in [-0.2, -0.15) is 0 Å². The first-order chi connectivity index (χ1) is 38.2. The summed E-state index contributed by atoms with van der Waals surface area (Å²) in [5.41, 5.74) is 23.6. The molecule has 0 bridgehead atoms. The van der Waals surface area contributed by atoms with E-state index >= 15 is 0 Å². The van der Waals surface area contributed by atoms with Gasteiger partial charge in [0, 0.05) is 47.9 Å². The number of benzene rings is 12. The third-order valence-electron chi connectivity index (χ3n) is 17.5. The SMILES string of the molecule is c1ccc(C2(c3ccccc3)c3ccccc3-c3ccc(N(c4ccc(-c5ccc6sc7ccccc7c6c5)cc4)c4cccc5c4-c4ccccc4C54c5ccccc5-n5c6ccccc6c6cccc4c65)cc32)cc1. The summed E-state index contributed by atoms with van der Waals surface area (Å²) >= 11 is 1.87. The molecular weight excluding hydrogens is 949 g/mol. The molecule has 17 rings (SSSR count). The third kappa shape index (κ3) is 5.63. The van der Waals surface area contributed by atoms with Gasteiger partial charge in [-0.25, -0.2) is 0 Å². The van der Waals surface area contributed by atoms with Gasteiger partial charge in [0.2, 0.25) is 0 Å². The average Bonchev–Trinajstić information content (AvgIpc) is 4.23. The number of fused-ring (bicyclic) bond motifs is 18. The van der Waals surface area contributed by atoms with Gasteiger partial charge in [0.25, 0.3) is 0 Å². The van der Waals surface area contributed by atoms with E-state index < -0.39 is 10.8 Å². The van der Waals surface area contributed by atoms with Gasteiger partial charge in [0.1, 0.15) is 0 Å². The Morgan fingerprint density at radius 3 is 1.70 bits per heavy atom. The number of hydrogen-bond acceptors (Lipinski definition) is 2. The number of aromatic nitrogens is 1. The van der Waals surface area contributed by atoms with E-state index in [1.165, 1.54) is 126 Å².